The fourth-order valence-corrected chi connectivity index (χ4v) is 12.5. The average molecular weight is 1330 g/mol. The van der Waals surface area contributed by atoms with Crippen LogP contribution in [0.2, 0.25) is 0 Å². The second kappa shape index (κ2) is 63.6. The van der Waals surface area contributed by atoms with E-state index in [2.05, 4.69) is 104 Å². The van der Waals surface area contributed by atoms with Crippen LogP contribution in [-0.4, -0.2) is 140 Å². The summed E-state index contributed by atoms with van der Waals surface area (Å²) in [6.45, 7) is 2.79. The summed E-state index contributed by atoms with van der Waals surface area (Å²) in [4.78, 5) is 13.4. The normalized spacial score (nSPS) is 22.9. The summed E-state index contributed by atoms with van der Waals surface area (Å²) in [5.74, 6) is -0.206. The van der Waals surface area contributed by atoms with Crippen molar-refractivity contribution in [2.24, 2.45) is 0 Å². The highest BCUT2D eigenvalue weighted by atomic mass is 16.7. The predicted octanol–water partition coefficient (Wildman–Crippen LogP) is 17.1. The Kier molecular flexibility index (Phi) is 59.0. The Bertz CT molecular complexity index is 1900. The van der Waals surface area contributed by atoms with Gasteiger partial charge in [-0.3, -0.25) is 4.79 Å². The van der Waals surface area contributed by atoms with Crippen LogP contribution in [0.15, 0.2) is 85.1 Å². The molecule has 546 valence electrons. The van der Waals surface area contributed by atoms with Crippen LogP contribution in [0.25, 0.3) is 0 Å². The van der Waals surface area contributed by atoms with Crippen LogP contribution in [0.4, 0.5) is 0 Å². The van der Waals surface area contributed by atoms with E-state index in [9.17, 15) is 45.6 Å². The molecule has 0 aromatic carbocycles. The van der Waals surface area contributed by atoms with E-state index in [0.717, 1.165) is 103 Å². The van der Waals surface area contributed by atoms with Gasteiger partial charge >= 0.3 is 0 Å². The van der Waals surface area contributed by atoms with E-state index in [4.69, 9.17) is 18.9 Å². The molecule has 14 heteroatoms. The third kappa shape index (κ3) is 46.4. The van der Waals surface area contributed by atoms with E-state index in [1.54, 1.807) is 0 Å². The van der Waals surface area contributed by atoms with E-state index >= 15 is 0 Å². The first-order chi connectivity index (χ1) is 46.1. The lowest BCUT2D eigenvalue weighted by atomic mass is 9.97. The Morgan fingerprint density at radius 2 is 0.734 bits per heavy atom. The second-order valence-electron chi connectivity index (χ2n) is 27.1. The van der Waals surface area contributed by atoms with Crippen molar-refractivity contribution in [2.75, 3.05) is 19.8 Å². The van der Waals surface area contributed by atoms with Crippen molar-refractivity contribution < 1.29 is 64.6 Å². The third-order valence-electron chi connectivity index (χ3n) is 18.6. The number of unbranched alkanes of at least 4 members (excludes halogenated alkanes) is 37. The van der Waals surface area contributed by atoms with E-state index in [1.165, 1.54) is 193 Å². The molecule has 0 radical (unpaired) electrons. The van der Waals surface area contributed by atoms with E-state index in [-0.39, 0.29) is 12.5 Å². The van der Waals surface area contributed by atoms with Gasteiger partial charge in [0.1, 0.15) is 48.8 Å². The molecule has 2 heterocycles. The fourth-order valence-electron chi connectivity index (χ4n) is 12.5. The maximum absolute atomic E-state index is 13.4. The number of hydrogen-bond donors (Lipinski definition) is 9. The zero-order valence-electron chi connectivity index (χ0n) is 59.7. The molecule has 14 nitrogen and oxygen atoms in total. The summed E-state index contributed by atoms with van der Waals surface area (Å²) in [7, 11) is 0. The molecule has 0 bridgehead atoms. The summed E-state index contributed by atoms with van der Waals surface area (Å²) in [5, 5.41) is 87.8. The van der Waals surface area contributed by atoms with Gasteiger partial charge in [-0.15, -0.1) is 0 Å². The number of aliphatic hydroxyl groups excluding tert-OH is 8. The molecule has 0 saturated carbocycles. The number of nitrogens with one attached hydrogen (secondary N) is 1. The van der Waals surface area contributed by atoms with Crippen molar-refractivity contribution >= 4 is 5.91 Å². The maximum Gasteiger partial charge on any atom is 0.220 e. The number of hydrogen-bond acceptors (Lipinski definition) is 13. The molecule has 2 saturated heterocycles. The minimum absolute atomic E-state index is 0.206. The molecular formula is C80H143NO13. The smallest absolute Gasteiger partial charge is 0.220 e. The van der Waals surface area contributed by atoms with Gasteiger partial charge in [0.25, 0.3) is 0 Å². The van der Waals surface area contributed by atoms with E-state index in [1.807, 2.05) is 0 Å². The Morgan fingerprint density at radius 1 is 0.394 bits per heavy atom. The number of ether oxygens (including phenoxy) is 4. The standard InChI is InChI=1S/C80H143NO13/c1-3-5-7-9-11-13-15-17-19-21-23-25-27-29-30-31-32-33-34-35-36-37-38-40-42-44-46-48-50-52-54-56-58-60-62-64-72(85)81-68(67-91-79-77(90)75(88)78(71(66-83)93-79)94-80-76(89)74(87)73(86)70(65-82)92-80)69(84)63-61-59-57-55-53-51-49-47-45-43-41-39-28-26-24-22-20-18-16-14-12-10-8-6-4-2/h5,7,11,13,17,19,23,25,29-30,32-33,35-36,68-71,73-80,82-84,86-90H,3-4,6,8-10,12,14-16,18,20-22,24,26-28,31,34,37-67H2,1-2H3,(H,81,85)/b7-5-,13-11-,19-17-,25-23-,30-29-,33-32-,36-35-. The van der Waals surface area contributed by atoms with Gasteiger partial charge in [0.05, 0.1) is 32.0 Å². The molecular weight excluding hydrogens is 1180 g/mol. The number of rotatable bonds is 64. The molecule has 2 aliphatic rings. The first kappa shape index (κ1) is 87.3. The van der Waals surface area contributed by atoms with Crippen LogP contribution in [0.5, 0.6) is 0 Å². The topological polar surface area (TPSA) is 228 Å². The van der Waals surface area contributed by atoms with Gasteiger partial charge in [0.15, 0.2) is 12.6 Å². The van der Waals surface area contributed by atoms with Crippen molar-refractivity contribution in [3.8, 4) is 0 Å². The number of carbonyl (C=O) groups excluding carboxylic acids is 1. The van der Waals surface area contributed by atoms with Crippen LogP contribution < -0.4 is 5.32 Å². The maximum atomic E-state index is 13.4. The summed E-state index contributed by atoms with van der Waals surface area (Å²) < 4.78 is 23.0. The van der Waals surface area contributed by atoms with Gasteiger partial charge < -0.3 is 65.1 Å². The molecule has 2 rings (SSSR count). The van der Waals surface area contributed by atoms with Crippen molar-refractivity contribution in [1.82, 2.24) is 5.32 Å². The molecule has 12 unspecified atom stereocenters. The lowest BCUT2D eigenvalue weighted by Crippen LogP contribution is -2.65. The lowest BCUT2D eigenvalue weighted by molar-refractivity contribution is -0.359. The van der Waals surface area contributed by atoms with Crippen LogP contribution in [0, 0.1) is 0 Å². The van der Waals surface area contributed by atoms with Gasteiger partial charge in [-0.2, -0.15) is 0 Å². The van der Waals surface area contributed by atoms with Crippen LogP contribution in [-0.2, 0) is 23.7 Å². The molecule has 9 N–H and O–H groups in total. The van der Waals surface area contributed by atoms with Crippen molar-refractivity contribution in [1.29, 1.82) is 0 Å². The average Bonchev–Trinajstić information content (AvgIpc) is 0.794. The Morgan fingerprint density at radius 3 is 1.13 bits per heavy atom. The van der Waals surface area contributed by atoms with Crippen molar-refractivity contribution in [3.05, 3.63) is 85.1 Å². The molecule has 1 amide bonds. The minimum Gasteiger partial charge on any atom is -0.394 e. The fraction of sp³-hybridized carbons (Fsp3) is 0.812. The molecule has 2 aliphatic heterocycles. The zero-order chi connectivity index (χ0) is 68.0. The summed E-state index contributed by atoms with van der Waals surface area (Å²) in [6.07, 6.45) is 71.7. The zero-order valence-corrected chi connectivity index (χ0v) is 59.7. The SMILES string of the molecule is CC/C=C\C/C=C\C/C=C\C/C=C\C/C=C\C/C=C\C/C=C\CCCCCCCCCCCCCCCC(=O)NC(COC1OC(CO)C(OC2OC(CO)C(O)C(O)C2O)C(O)C1O)C(O)CCCCCCCCCCCCCCCCCCCCCCCCCCC. The largest absolute Gasteiger partial charge is 0.394 e. The molecule has 0 aromatic rings. The third-order valence-corrected chi connectivity index (χ3v) is 18.6. The summed E-state index contributed by atoms with van der Waals surface area (Å²) in [5.41, 5.74) is 0. The van der Waals surface area contributed by atoms with Crippen molar-refractivity contribution in [2.45, 2.75) is 396 Å². The minimum atomic E-state index is -1.79. The number of allylic oxidation sites excluding steroid dienone is 14. The highest BCUT2D eigenvalue weighted by Crippen LogP contribution is 2.30. The molecule has 2 fully saturated rings. The first-order valence-electron chi connectivity index (χ1n) is 38.8. The highest BCUT2D eigenvalue weighted by molar-refractivity contribution is 5.76. The molecule has 94 heavy (non-hydrogen) atoms. The molecule has 0 spiro atoms. The Balaban J connectivity index is 1.62. The highest BCUT2D eigenvalue weighted by Gasteiger charge is 2.51. The molecule has 0 aromatic heterocycles. The van der Waals surface area contributed by atoms with E-state index < -0.39 is 86.8 Å². The molecule has 0 aliphatic carbocycles. The number of aliphatic hydroxyl groups is 8. The number of amides is 1. The quantitative estimate of drug-likeness (QED) is 0.0204. The molecule has 12 atom stereocenters. The summed E-state index contributed by atoms with van der Waals surface area (Å²) in [6, 6.07) is -0.835. The van der Waals surface area contributed by atoms with Crippen LogP contribution >= 0.6 is 0 Å². The number of carbonyl (C=O) groups is 1. The second-order valence-corrected chi connectivity index (χ2v) is 27.1. The summed E-state index contributed by atoms with van der Waals surface area (Å²) >= 11 is 0. The van der Waals surface area contributed by atoms with E-state index in [0.29, 0.717) is 12.8 Å². The van der Waals surface area contributed by atoms with Gasteiger partial charge in [0.2, 0.25) is 5.91 Å². The van der Waals surface area contributed by atoms with Gasteiger partial charge in [-0.05, 0) is 70.6 Å². The van der Waals surface area contributed by atoms with Crippen LogP contribution in [0.1, 0.15) is 322 Å². The Hall–Kier alpha value is -2.83. The van der Waals surface area contributed by atoms with Crippen molar-refractivity contribution in [3.63, 3.8) is 0 Å². The first-order valence-corrected chi connectivity index (χ1v) is 38.8. The Labute approximate surface area is 573 Å². The van der Waals surface area contributed by atoms with Crippen LogP contribution in [0.3, 0.4) is 0 Å². The monoisotopic (exact) mass is 1330 g/mol. The van der Waals surface area contributed by atoms with Gasteiger partial charge in [0, 0.05) is 6.42 Å². The lowest BCUT2D eigenvalue weighted by Gasteiger charge is -2.46. The predicted molar refractivity (Wildman–Crippen MR) is 387 cm³/mol. The van der Waals surface area contributed by atoms with Gasteiger partial charge in [-0.1, -0.05) is 330 Å². The van der Waals surface area contributed by atoms with Gasteiger partial charge in [-0.25, -0.2) is 0 Å².